The molecular weight excluding hydrogens is 314 g/mol. The first-order valence-corrected chi connectivity index (χ1v) is 8.82. The van der Waals surface area contributed by atoms with Crippen molar-refractivity contribution in [3.8, 4) is 22.9 Å². The van der Waals surface area contributed by atoms with E-state index >= 15 is 0 Å². The first kappa shape index (κ1) is 15.6. The lowest BCUT2D eigenvalue weighted by atomic mass is 10.2. The van der Waals surface area contributed by atoms with Crippen LogP contribution in [0.2, 0.25) is 0 Å². The predicted octanol–water partition coefficient (Wildman–Crippen LogP) is 2.39. The van der Waals surface area contributed by atoms with Crippen LogP contribution in [0.1, 0.15) is 0 Å². The average molecular weight is 331 g/mol. The minimum atomic E-state index is -0.900. The Bertz CT molecular complexity index is 771. The number of H-pyrrole nitrogens is 1. The van der Waals surface area contributed by atoms with Crippen molar-refractivity contribution >= 4 is 22.3 Å². The number of aromatic nitrogens is 3. The van der Waals surface area contributed by atoms with Crippen molar-refractivity contribution in [1.82, 2.24) is 15.0 Å². The molecule has 120 valence electrons. The van der Waals surface area contributed by atoms with Gasteiger partial charge >= 0.3 is 0 Å². The van der Waals surface area contributed by atoms with Crippen molar-refractivity contribution in [2.45, 2.75) is 0 Å². The molecule has 0 aliphatic heterocycles. The summed E-state index contributed by atoms with van der Waals surface area (Å²) < 4.78 is 22.2. The van der Waals surface area contributed by atoms with E-state index in [9.17, 15) is 4.55 Å². The van der Waals surface area contributed by atoms with E-state index in [1.54, 1.807) is 25.6 Å². The minimum absolute atomic E-state index is 0.363. The van der Waals surface area contributed by atoms with E-state index in [4.69, 9.17) is 9.47 Å². The highest BCUT2D eigenvalue weighted by Gasteiger charge is 2.13. The summed E-state index contributed by atoms with van der Waals surface area (Å²) in [7, 11) is 1.60. The number of aromatic amines is 1. The number of fused-ring (bicyclic) bond motifs is 1. The Morgan fingerprint density at radius 3 is 2.91 bits per heavy atom. The van der Waals surface area contributed by atoms with Crippen molar-refractivity contribution in [2.75, 3.05) is 25.7 Å². The van der Waals surface area contributed by atoms with Gasteiger partial charge in [-0.25, -0.2) is 9.97 Å². The Morgan fingerprint density at radius 1 is 1.30 bits per heavy atom. The van der Waals surface area contributed by atoms with Crippen molar-refractivity contribution < 1.29 is 14.0 Å². The van der Waals surface area contributed by atoms with Crippen molar-refractivity contribution in [3.63, 3.8) is 0 Å². The van der Waals surface area contributed by atoms with Crippen LogP contribution in [0.5, 0.6) is 11.5 Å². The molecule has 1 aromatic carbocycles. The Labute approximate surface area is 137 Å². The molecule has 0 aliphatic rings. The Kier molecular flexibility index (Phi) is 4.68. The fourth-order valence-corrected chi connectivity index (χ4v) is 2.50. The standard InChI is InChI=1S/C16H17N3O3S/c1-21-11-5-6-12(14(10-11)22-8-9-23(2)20)15-18-13-4-3-7-17-16(13)19-15/h3-7,10H,8-9H2,1-2H3,(H,17,18,19). The number of ether oxygens (including phenoxy) is 2. The first-order valence-electron chi connectivity index (χ1n) is 7.09. The van der Waals surface area contributed by atoms with Crippen LogP contribution in [0.3, 0.4) is 0 Å². The zero-order chi connectivity index (χ0) is 16.2. The molecule has 1 unspecified atom stereocenters. The molecule has 2 heterocycles. The molecule has 0 radical (unpaired) electrons. The highest BCUT2D eigenvalue weighted by atomic mass is 32.2. The SMILES string of the molecule is COc1ccc(-c2nc3ncccc3[nH]2)c(OCC[S+](C)[O-])c1. The Balaban J connectivity index is 1.96. The van der Waals surface area contributed by atoms with Gasteiger partial charge in [-0.2, -0.15) is 0 Å². The van der Waals surface area contributed by atoms with Gasteiger partial charge in [-0.15, -0.1) is 0 Å². The quantitative estimate of drug-likeness (QED) is 0.701. The van der Waals surface area contributed by atoms with Gasteiger partial charge in [0.2, 0.25) is 0 Å². The Hall–Kier alpha value is -2.25. The molecule has 0 saturated carbocycles. The molecule has 0 fully saturated rings. The Morgan fingerprint density at radius 2 is 2.17 bits per heavy atom. The molecule has 3 rings (SSSR count). The third-order valence-electron chi connectivity index (χ3n) is 3.33. The molecular formula is C16H17N3O3S. The molecule has 0 saturated heterocycles. The third kappa shape index (κ3) is 3.57. The number of nitrogens with zero attached hydrogens (tertiary/aromatic N) is 2. The van der Waals surface area contributed by atoms with Gasteiger partial charge < -0.3 is 19.0 Å². The number of hydrogen-bond donors (Lipinski definition) is 1. The highest BCUT2D eigenvalue weighted by Crippen LogP contribution is 2.32. The summed E-state index contributed by atoms with van der Waals surface area (Å²) >= 11 is -0.900. The summed E-state index contributed by atoms with van der Waals surface area (Å²) in [6.07, 6.45) is 3.36. The molecule has 0 aliphatic carbocycles. The highest BCUT2D eigenvalue weighted by molar-refractivity contribution is 7.90. The maximum absolute atomic E-state index is 11.2. The van der Waals surface area contributed by atoms with Gasteiger partial charge in [0, 0.05) is 12.3 Å². The van der Waals surface area contributed by atoms with E-state index in [2.05, 4.69) is 15.0 Å². The number of methoxy groups -OCH3 is 1. The van der Waals surface area contributed by atoms with Gasteiger partial charge in [0.25, 0.3) is 0 Å². The second kappa shape index (κ2) is 6.89. The summed E-state index contributed by atoms with van der Waals surface area (Å²) in [6, 6.07) is 9.31. The summed E-state index contributed by atoms with van der Waals surface area (Å²) in [6.45, 7) is 0.363. The van der Waals surface area contributed by atoms with Crippen LogP contribution in [0.15, 0.2) is 36.5 Å². The summed E-state index contributed by atoms with van der Waals surface area (Å²) in [4.78, 5) is 12.0. The van der Waals surface area contributed by atoms with Gasteiger partial charge in [0.15, 0.2) is 5.65 Å². The number of pyridine rings is 1. The molecule has 23 heavy (non-hydrogen) atoms. The molecule has 0 spiro atoms. The van der Waals surface area contributed by atoms with Crippen LogP contribution < -0.4 is 9.47 Å². The number of hydrogen-bond acceptors (Lipinski definition) is 5. The van der Waals surface area contributed by atoms with Gasteiger partial charge in [-0.1, -0.05) is 11.2 Å². The number of rotatable bonds is 6. The first-order chi connectivity index (χ1) is 11.2. The van der Waals surface area contributed by atoms with E-state index in [0.717, 1.165) is 11.1 Å². The van der Waals surface area contributed by atoms with Crippen molar-refractivity contribution in [2.24, 2.45) is 0 Å². The monoisotopic (exact) mass is 331 g/mol. The lowest BCUT2D eigenvalue weighted by Gasteiger charge is -2.12. The molecule has 7 heteroatoms. The van der Waals surface area contributed by atoms with Crippen LogP contribution in [-0.2, 0) is 11.2 Å². The zero-order valence-corrected chi connectivity index (χ0v) is 13.7. The fraction of sp³-hybridized carbons (Fsp3) is 0.250. The maximum atomic E-state index is 11.2. The number of benzene rings is 1. The fourth-order valence-electron chi connectivity index (χ4n) is 2.19. The van der Waals surface area contributed by atoms with Crippen molar-refractivity contribution in [3.05, 3.63) is 36.5 Å². The lowest BCUT2D eigenvalue weighted by Crippen LogP contribution is -2.12. The lowest BCUT2D eigenvalue weighted by molar-refractivity contribution is 0.338. The summed E-state index contributed by atoms with van der Waals surface area (Å²) in [5.41, 5.74) is 2.32. The second-order valence-corrected chi connectivity index (χ2v) is 6.50. The van der Waals surface area contributed by atoms with E-state index in [1.165, 1.54) is 0 Å². The molecule has 1 N–H and O–H groups in total. The largest absolute Gasteiger partial charge is 0.616 e. The summed E-state index contributed by atoms with van der Waals surface area (Å²) in [5.74, 6) is 2.47. The second-order valence-electron chi connectivity index (χ2n) is 4.95. The van der Waals surface area contributed by atoms with E-state index in [1.807, 2.05) is 24.3 Å². The van der Waals surface area contributed by atoms with Crippen LogP contribution in [0.25, 0.3) is 22.6 Å². The zero-order valence-electron chi connectivity index (χ0n) is 12.9. The molecule has 2 aromatic heterocycles. The van der Waals surface area contributed by atoms with Gasteiger partial charge in [-0.3, -0.25) is 0 Å². The molecule has 0 amide bonds. The van der Waals surface area contributed by atoms with E-state index < -0.39 is 11.2 Å². The average Bonchev–Trinajstić information content (AvgIpc) is 2.98. The molecule has 6 nitrogen and oxygen atoms in total. The van der Waals surface area contributed by atoms with Crippen LogP contribution in [0, 0.1) is 0 Å². The molecule has 3 aromatic rings. The summed E-state index contributed by atoms with van der Waals surface area (Å²) in [5, 5.41) is 0. The molecule has 0 bridgehead atoms. The predicted molar refractivity (Wildman–Crippen MR) is 90.3 cm³/mol. The van der Waals surface area contributed by atoms with Crippen LogP contribution in [-0.4, -0.2) is 45.2 Å². The van der Waals surface area contributed by atoms with E-state index in [0.29, 0.717) is 35.3 Å². The van der Waals surface area contributed by atoms with Crippen molar-refractivity contribution in [1.29, 1.82) is 0 Å². The smallest absolute Gasteiger partial charge is 0.178 e. The van der Waals surface area contributed by atoms with Gasteiger partial charge in [0.1, 0.15) is 29.7 Å². The maximum Gasteiger partial charge on any atom is 0.178 e. The molecule has 1 atom stereocenters. The topological polar surface area (TPSA) is 83.1 Å². The van der Waals surface area contributed by atoms with E-state index in [-0.39, 0.29) is 0 Å². The minimum Gasteiger partial charge on any atom is -0.616 e. The van der Waals surface area contributed by atoms with Crippen LogP contribution in [0.4, 0.5) is 0 Å². The number of imidazole rings is 1. The number of nitrogens with one attached hydrogen (secondary N) is 1. The van der Waals surface area contributed by atoms with Gasteiger partial charge in [0.05, 0.1) is 24.4 Å². The van der Waals surface area contributed by atoms with Gasteiger partial charge in [-0.05, 0) is 24.3 Å². The third-order valence-corrected chi connectivity index (χ3v) is 4.07. The normalized spacial score (nSPS) is 12.3. The van der Waals surface area contributed by atoms with Crippen LogP contribution >= 0.6 is 0 Å².